The van der Waals surface area contributed by atoms with Gasteiger partial charge in [0.1, 0.15) is 0 Å². The summed E-state index contributed by atoms with van der Waals surface area (Å²) in [5.41, 5.74) is 2.70. The van der Waals surface area contributed by atoms with Gasteiger partial charge in [-0.1, -0.05) is 6.07 Å². The molecular weight excluding hydrogens is 186 g/mol. The van der Waals surface area contributed by atoms with Crippen LogP contribution in [0.15, 0.2) is 53.9 Å². The smallest absolute Gasteiger partial charge is 0.0841 e. The Morgan fingerprint density at radius 2 is 1.87 bits per heavy atom. The Labute approximate surface area is 88.6 Å². The van der Waals surface area contributed by atoms with Crippen LogP contribution in [0.5, 0.6) is 0 Å². The quantitative estimate of drug-likeness (QED) is 0.694. The van der Waals surface area contributed by atoms with Crippen molar-refractivity contribution in [3.63, 3.8) is 0 Å². The molecule has 0 spiro atoms. The van der Waals surface area contributed by atoms with Gasteiger partial charge in [0.25, 0.3) is 0 Å². The van der Waals surface area contributed by atoms with Crippen LogP contribution in [0.4, 0.5) is 5.69 Å². The van der Waals surface area contributed by atoms with Crippen molar-refractivity contribution in [2.24, 2.45) is 4.99 Å². The molecule has 0 aromatic carbocycles. The maximum absolute atomic E-state index is 4.44. The lowest BCUT2D eigenvalue weighted by molar-refractivity contribution is 1.27. The number of rotatable bonds is 2. The average molecular weight is 197 g/mol. The van der Waals surface area contributed by atoms with Gasteiger partial charge < -0.3 is 0 Å². The molecule has 0 saturated heterocycles. The third kappa shape index (κ3) is 2.47. The number of nitrogens with zero attached hydrogens (tertiary/aromatic N) is 3. The lowest BCUT2D eigenvalue weighted by atomic mass is 10.2. The van der Waals surface area contributed by atoms with Gasteiger partial charge in [0, 0.05) is 18.6 Å². The first-order valence-electron chi connectivity index (χ1n) is 4.73. The zero-order valence-corrected chi connectivity index (χ0v) is 8.46. The van der Waals surface area contributed by atoms with Crippen LogP contribution in [-0.4, -0.2) is 15.7 Å². The Morgan fingerprint density at radius 1 is 1.07 bits per heavy atom. The van der Waals surface area contributed by atoms with Crippen molar-refractivity contribution < 1.29 is 0 Å². The fraction of sp³-hybridized carbons (Fsp3) is 0.0833. The minimum atomic E-state index is 0.896. The normalized spacial score (nSPS) is 11.4. The summed E-state index contributed by atoms with van der Waals surface area (Å²) in [7, 11) is 0. The molecule has 3 nitrogen and oxygen atoms in total. The number of pyridine rings is 2. The fourth-order valence-electron chi connectivity index (χ4n) is 1.25. The van der Waals surface area contributed by atoms with E-state index in [4.69, 9.17) is 0 Å². The van der Waals surface area contributed by atoms with Gasteiger partial charge in [-0.15, -0.1) is 0 Å². The van der Waals surface area contributed by atoms with Crippen molar-refractivity contribution in [2.45, 2.75) is 6.92 Å². The van der Waals surface area contributed by atoms with E-state index in [1.54, 1.807) is 18.6 Å². The van der Waals surface area contributed by atoms with Crippen molar-refractivity contribution in [3.05, 3.63) is 54.6 Å². The molecule has 0 atom stereocenters. The maximum atomic E-state index is 4.44. The van der Waals surface area contributed by atoms with E-state index in [1.807, 2.05) is 37.3 Å². The molecule has 2 heterocycles. The second-order valence-corrected chi connectivity index (χ2v) is 3.12. The van der Waals surface area contributed by atoms with E-state index in [1.165, 1.54) is 0 Å². The Balaban J connectivity index is 2.29. The molecule has 0 saturated carbocycles. The molecule has 0 fully saturated rings. The standard InChI is InChI=1S/C12H11N3/c1-10(12-4-2-3-7-14-12)15-11-5-8-13-9-6-11/h2-9H,1H3. The predicted octanol–water partition coefficient (Wildman–Crippen LogP) is 2.62. The van der Waals surface area contributed by atoms with E-state index in [9.17, 15) is 0 Å². The Kier molecular flexibility index (Phi) is 2.83. The van der Waals surface area contributed by atoms with E-state index >= 15 is 0 Å². The largest absolute Gasteiger partial charge is 0.265 e. The van der Waals surface area contributed by atoms with E-state index in [0.29, 0.717) is 0 Å². The topological polar surface area (TPSA) is 38.1 Å². The predicted molar refractivity (Wildman–Crippen MR) is 60.3 cm³/mol. The number of hydrogen-bond acceptors (Lipinski definition) is 3. The minimum absolute atomic E-state index is 0.896. The summed E-state index contributed by atoms with van der Waals surface area (Å²) >= 11 is 0. The monoisotopic (exact) mass is 197 g/mol. The molecule has 0 unspecified atom stereocenters. The van der Waals surface area contributed by atoms with Gasteiger partial charge in [-0.2, -0.15) is 0 Å². The highest BCUT2D eigenvalue weighted by atomic mass is 14.8. The van der Waals surface area contributed by atoms with Crippen LogP contribution in [0.1, 0.15) is 12.6 Å². The third-order valence-electron chi connectivity index (χ3n) is 2.00. The molecule has 3 heteroatoms. The Hall–Kier alpha value is -2.03. The first kappa shape index (κ1) is 9.52. The van der Waals surface area contributed by atoms with Gasteiger partial charge in [-0.05, 0) is 31.2 Å². The molecule has 74 valence electrons. The van der Waals surface area contributed by atoms with Crippen LogP contribution in [0.3, 0.4) is 0 Å². The Morgan fingerprint density at radius 3 is 2.53 bits per heavy atom. The van der Waals surface area contributed by atoms with Gasteiger partial charge in [0.2, 0.25) is 0 Å². The molecule has 0 aliphatic carbocycles. The molecule has 0 aliphatic rings. The summed E-state index contributed by atoms with van der Waals surface area (Å²) in [6.45, 7) is 1.95. The highest BCUT2D eigenvalue weighted by Gasteiger charge is 1.97. The molecule has 15 heavy (non-hydrogen) atoms. The zero-order valence-electron chi connectivity index (χ0n) is 8.46. The average Bonchev–Trinajstić information content (AvgIpc) is 2.31. The highest BCUT2D eigenvalue weighted by molar-refractivity contribution is 5.98. The summed E-state index contributed by atoms with van der Waals surface area (Å²) in [6.07, 6.45) is 5.22. The van der Waals surface area contributed by atoms with Gasteiger partial charge in [-0.25, -0.2) is 0 Å². The van der Waals surface area contributed by atoms with Gasteiger partial charge in [0.05, 0.1) is 17.1 Å². The second kappa shape index (κ2) is 4.46. The van der Waals surface area contributed by atoms with Crippen LogP contribution in [0.25, 0.3) is 0 Å². The summed E-state index contributed by atoms with van der Waals surface area (Å²) in [5, 5.41) is 0. The van der Waals surface area contributed by atoms with Crippen LogP contribution in [0.2, 0.25) is 0 Å². The molecule has 2 aromatic rings. The molecule has 0 N–H and O–H groups in total. The molecular formula is C12H11N3. The van der Waals surface area contributed by atoms with Crippen LogP contribution >= 0.6 is 0 Å². The number of aliphatic imine (C=N–C) groups is 1. The van der Waals surface area contributed by atoms with E-state index in [-0.39, 0.29) is 0 Å². The minimum Gasteiger partial charge on any atom is -0.265 e. The van der Waals surface area contributed by atoms with Gasteiger partial charge in [0.15, 0.2) is 0 Å². The molecule has 0 radical (unpaired) electrons. The van der Waals surface area contributed by atoms with Crippen molar-refractivity contribution in [2.75, 3.05) is 0 Å². The fourth-order valence-corrected chi connectivity index (χ4v) is 1.25. The summed E-state index contributed by atoms with van der Waals surface area (Å²) in [6, 6.07) is 9.52. The van der Waals surface area contributed by atoms with Crippen LogP contribution < -0.4 is 0 Å². The highest BCUT2D eigenvalue weighted by Crippen LogP contribution is 2.10. The van der Waals surface area contributed by atoms with E-state index < -0.39 is 0 Å². The third-order valence-corrected chi connectivity index (χ3v) is 2.00. The SMILES string of the molecule is CC(=Nc1ccncc1)c1ccccn1. The van der Waals surface area contributed by atoms with Crippen molar-refractivity contribution in [1.29, 1.82) is 0 Å². The summed E-state index contributed by atoms with van der Waals surface area (Å²) < 4.78 is 0. The maximum Gasteiger partial charge on any atom is 0.0841 e. The van der Waals surface area contributed by atoms with Gasteiger partial charge in [-0.3, -0.25) is 15.0 Å². The first-order valence-corrected chi connectivity index (χ1v) is 4.73. The molecule has 2 aromatic heterocycles. The van der Waals surface area contributed by atoms with Crippen molar-refractivity contribution >= 4 is 11.4 Å². The van der Waals surface area contributed by atoms with E-state index in [2.05, 4.69) is 15.0 Å². The number of aromatic nitrogens is 2. The zero-order chi connectivity index (χ0) is 10.5. The number of hydrogen-bond donors (Lipinski definition) is 0. The molecule has 0 bridgehead atoms. The Bertz CT molecular complexity index is 449. The lowest BCUT2D eigenvalue weighted by Crippen LogP contribution is -1.96. The van der Waals surface area contributed by atoms with Crippen molar-refractivity contribution in [3.8, 4) is 0 Å². The summed E-state index contributed by atoms with van der Waals surface area (Å²) in [5.74, 6) is 0. The van der Waals surface area contributed by atoms with E-state index in [0.717, 1.165) is 17.1 Å². The van der Waals surface area contributed by atoms with Gasteiger partial charge >= 0.3 is 0 Å². The second-order valence-electron chi connectivity index (χ2n) is 3.12. The summed E-state index contributed by atoms with van der Waals surface area (Å²) in [4.78, 5) is 12.6. The van der Waals surface area contributed by atoms with Crippen molar-refractivity contribution in [1.82, 2.24) is 9.97 Å². The van der Waals surface area contributed by atoms with Crippen LogP contribution in [-0.2, 0) is 0 Å². The molecule has 0 amide bonds. The first-order chi connectivity index (χ1) is 7.36. The lowest BCUT2D eigenvalue weighted by Gasteiger charge is -1.98. The molecule has 0 aliphatic heterocycles. The van der Waals surface area contributed by atoms with Crippen LogP contribution in [0, 0.1) is 0 Å². The molecule has 2 rings (SSSR count).